The summed E-state index contributed by atoms with van der Waals surface area (Å²) in [5.74, 6) is 0.903. The number of nitrogens with one attached hydrogen (secondary N) is 1. The van der Waals surface area contributed by atoms with Gasteiger partial charge in [-0.25, -0.2) is 4.98 Å². The summed E-state index contributed by atoms with van der Waals surface area (Å²) in [5.41, 5.74) is 3.95. The lowest BCUT2D eigenvalue weighted by Crippen LogP contribution is -2.39. The van der Waals surface area contributed by atoms with E-state index >= 15 is 0 Å². The summed E-state index contributed by atoms with van der Waals surface area (Å²) in [6.45, 7) is 6.04. The molecule has 3 heterocycles. The molecule has 38 heavy (non-hydrogen) atoms. The Hall–Kier alpha value is -2.49. The number of fused-ring (bicyclic) bond motifs is 3. The topological polar surface area (TPSA) is 75.9 Å². The van der Waals surface area contributed by atoms with Crippen LogP contribution in [0, 0.1) is 0 Å². The van der Waals surface area contributed by atoms with Crippen LogP contribution in [0.15, 0.2) is 58.2 Å². The summed E-state index contributed by atoms with van der Waals surface area (Å²) in [7, 11) is 0. The highest BCUT2D eigenvalue weighted by Crippen LogP contribution is 2.28. The summed E-state index contributed by atoms with van der Waals surface area (Å²) in [6.07, 6.45) is 6.25. The van der Waals surface area contributed by atoms with E-state index in [4.69, 9.17) is 4.98 Å². The second-order valence-electron chi connectivity index (χ2n) is 10.0. The van der Waals surface area contributed by atoms with Gasteiger partial charge in [-0.05, 0) is 62.9 Å². The van der Waals surface area contributed by atoms with Gasteiger partial charge >= 0.3 is 0 Å². The number of amides is 1. The maximum atomic E-state index is 12.3. The predicted molar refractivity (Wildman–Crippen MR) is 159 cm³/mol. The SMILES string of the molecule is CC1CCCCN1CCCNC(=O)CCCSc1nnc2c3ccccc3n(Cc3ccc(Br)cc3)c2n1. The van der Waals surface area contributed by atoms with Crippen LogP contribution >= 0.6 is 27.7 Å². The monoisotopic (exact) mass is 594 g/mol. The molecule has 0 spiro atoms. The van der Waals surface area contributed by atoms with E-state index < -0.39 is 0 Å². The van der Waals surface area contributed by atoms with E-state index in [2.05, 4.69) is 84.2 Å². The van der Waals surface area contributed by atoms with Gasteiger partial charge < -0.3 is 14.8 Å². The summed E-state index contributed by atoms with van der Waals surface area (Å²) < 4.78 is 3.27. The summed E-state index contributed by atoms with van der Waals surface area (Å²) in [4.78, 5) is 19.7. The standard InChI is InChI=1S/C29H35BrN6OS/c1-21-8-4-5-17-35(21)18-7-16-31-26(37)11-6-19-38-29-32-28-27(33-34-29)24-9-2-3-10-25(24)36(28)20-22-12-14-23(30)15-13-22/h2-3,9-10,12-15,21H,4-8,11,16-20H2,1H3,(H,31,37). The van der Waals surface area contributed by atoms with Crippen LogP contribution in [0.2, 0.25) is 0 Å². The molecule has 1 fully saturated rings. The largest absolute Gasteiger partial charge is 0.356 e. The zero-order valence-corrected chi connectivity index (χ0v) is 24.3. The zero-order chi connectivity index (χ0) is 26.3. The number of hydrogen-bond donors (Lipinski definition) is 1. The fraction of sp³-hybridized carbons (Fsp3) is 0.448. The Bertz CT molecular complexity index is 1380. The van der Waals surface area contributed by atoms with Crippen molar-refractivity contribution >= 4 is 55.7 Å². The van der Waals surface area contributed by atoms with Gasteiger partial charge in [0.05, 0.1) is 5.52 Å². The molecule has 0 saturated carbocycles. The number of halogens is 1. The molecular formula is C29H35BrN6OS. The smallest absolute Gasteiger partial charge is 0.220 e. The third-order valence-corrected chi connectivity index (χ3v) is 8.73. The Kier molecular flexibility index (Phi) is 9.30. The number of piperidine rings is 1. The molecule has 9 heteroatoms. The molecule has 4 aromatic rings. The first-order valence-electron chi connectivity index (χ1n) is 13.6. The molecule has 200 valence electrons. The molecule has 1 unspecified atom stereocenters. The Labute approximate surface area is 236 Å². The number of aromatic nitrogens is 4. The van der Waals surface area contributed by atoms with Gasteiger partial charge in [-0.15, -0.1) is 10.2 Å². The van der Waals surface area contributed by atoms with Crippen molar-refractivity contribution in [2.45, 2.75) is 63.2 Å². The van der Waals surface area contributed by atoms with Crippen molar-refractivity contribution in [3.63, 3.8) is 0 Å². The average molecular weight is 596 g/mol. The molecule has 1 aliphatic rings. The molecule has 0 radical (unpaired) electrons. The molecule has 1 atom stereocenters. The minimum atomic E-state index is 0.126. The van der Waals surface area contributed by atoms with E-state index in [0.717, 1.165) is 58.2 Å². The van der Waals surface area contributed by atoms with Crippen molar-refractivity contribution in [1.29, 1.82) is 0 Å². The molecule has 0 bridgehead atoms. The average Bonchev–Trinajstić information content (AvgIpc) is 3.24. The van der Waals surface area contributed by atoms with E-state index in [1.165, 1.54) is 31.4 Å². The summed E-state index contributed by atoms with van der Waals surface area (Å²) >= 11 is 5.08. The number of carbonyl (C=O) groups is 1. The van der Waals surface area contributed by atoms with E-state index in [0.29, 0.717) is 24.2 Å². The van der Waals surface area contributed by atoms with Gasteiger partial charge in [0, 0.05) is 47.7 Å². The van der Waals surface area contributed by atoms with Crippen LogP contribution in [0.4, 0.5) is 0 Å². The fourth-order valence-electron chi connectivity index (χ4n) is 5.17. The number of hydrogen-bond acceptors (Lipinski definition) is 6. The maximum absolute atomic E-state index is 12.3. The van der Waals surface area contributed by atoms with Gasteiger partial charge in [0.25, 0.3) is 0 Å². The number of thioether (sulfide) groups is 1. The Morgan fingerprint density at radius 1 is 1.11 bits per heavy atom. The highest BCUT2D eigenvalue weighted by atomic mass is 79.9. The molecule has 7 nitrogen and oxygen atoms in total. The summed E-state index contributed by atoms with van der Waals surface area (Å²) in [6, 6.07) is 17.3. The minimum absolute atomic E-state index is 0.126. The van der Waals surface area contributed by atoms with E-state index in [-0.39, 0.29) is 5.91 Å². The lowest BCUT2D eigenvalue weighted by atomic mass is 10.0. The third-order valence-electron chi connectivity index (χ3n) is 7.27. The first-order chi connectivity index (χ1) is 18.6. The van der Waals surface area contributed by atoms with E-state index in [9.17, 15) is 4.79 Å². The van der Waals surface area contributed by atoms with Crippen LogP contribution in [0.5, 0.6) is 0 Å². The van der Waals surface area contributed by atoms with Crippen molar-refractivity contribution < 1.29 is 4.79 Å². The number of likely N-dealkylation sites (tertiary alicyclic amines) is 1. The van der Waals surface area contributed by atoms with Crippen LogP contribution in [0.3, 0.4) is 0 Å². The molecule has 2 aromatic carbocycles. The van der Waals surface area contributed by atoms with Crippen LogP contribution in [0.1, 0.15) is 51.0 Å². The molecule has 1 aliphatic heterocycles. The van der Waals surface area contributed by atoms with Crippen molar-refractivity contribution in [1.82, 2.24) is 30.0 Å². The number of carbonyl (C=O) groups excluding carboxylic acids is 1. The molecular weight excluding hydrogens is 560 g/mol. The second-order valence-corrected chi connectivity index (χ2v) is 12.0. The van der Waals surface area contributed by atoms with Gasteiger partial charge in [0.2, 0.25) is 11.1 Å². The first-order valence-corrected chi connectivity index (χ1v) is 15.4. The highest BCUT2D eigenvalue weighted by Gasteiger charge is 2.18. The minimum Gasteiger partial charge on any atom is -0.356 e. The van der Waals surface area contributed by atoms with Crippen molar-refractivity contribution in [3.05, 3.63) is 58.6 Å². The van der Waals surface area contributed by atoms with Crippen LogP contribution in [0.25, 0.3) is 22.1 Å². The molecule has 1 amide bonds. The van der Waals surface area contributed by atoms with Crippen molar-refractivity contribution in [3.8, 4) is 0 Å². The van der Waals surface area contributed by atoms with Gasteiger partial charge in [0.1, 0.15) is 5.52 Å². The predicted octanol–water partition coefficient (Wildman–Crippen LogP) is 6.04. The zero-order valence-electron chi connectivity index (χ0n) is 21.9. The second kappa shape index (κ2) is 13.0. The van der Waals surface area contributed by atoms with Crippen LogP contribution < -0.4 is 5.32 Å². The van der Waals surface area contributed by atoms with Gasteiger partial charge in [-0.3, -0.25) is 4.79 Å². The molecule has 2 aromatic heterocycles. The first kappa shape index (κ1) is 27.1. The third kappa shape index (κ3) is 6.74. The summed E-state index contributed by atoms with van der Waals surface area (Å²) in [5, 5.41) is 13.7. The fourth-order valence-corrected chi connectivity index (χ4v) is 6.15. The van der Waals surface area contributed by atoms with E-state index in [1.54, 1.807) is 11.8 Å². The van der Waals surface area contributed by atoms with E-state index in [1.807, 2.05) is 12.1 Å². The molecule has 1 N–H and O–H groups in total. The van der Waals surface area contributed by atoms with Gasteiger partial charge in [-0.1, -0.05) is 64.4 Å². The molecule has 1 saturated heterocycles. The van der Waals surface area contributed by atoms with Crippen molar-refractivity contribution in [2.24, 2.45) is 0 Å². The number of benzene rings is 2. The van der Waals surface area contributed by atoms with Gasteiger partial charge in [0.15, 0.2) is 5.65 Å². The normalized spacial score (nSPS) is 16.3. The number of nitrogens with zero attached hydrogens (tertiary/aromatic N) is 5. The highest BCUT2D eigenvalue weighted by molar-refractivity contribution is 9.10. The number of rotatable bonds is 11. The van der Waals surface area contributed by atoms with Crippen LogP contribution in [-0.4, -0.2) is 62.0 Å². The van der Waals surface area contributed by atoms with Crippen molar-refractivity contribution in [2.75, 3.05) is 25.4 Å². The quantitative estimate of drug-likeness (QED) is 0.168. The lowest BCUT2D eigenvalue weighted by Gasteiger charge is -2.33. The maximum Gasteiger partial charge on any atom is 0.220 e. The molecule has 5 rings (SSSR count). The van der Waals surface area contributed by atoms with Gasteiger partial charge in [-0.2, -0.15) is 0 Å². The van der Waals surface area contributed by atoms with Crippen LogP contribution in [-0.2, 0) is 11.3 Å². The molecule has 0 aliphatic carbocycles. The number of para-hydroxylation sites is 1. The lowest BCUT2D eigenvalue weighted by molar-refractivity contribution is -0.121. The Morgan fingerprint density at radius 2 is 1.95 bits per heavy atom. The Balaban J connectivity index is 1.14. The Morgan fingerprint density at radius 3 is 2.79 bits per heavy atom.